The van der Waals surface area contributed by atoms with Gasteiger partial charge in [0.2, 0.25) is 0 Å². The Kier molecular flexibility index (Phi) is 8.30. The molecule has 2 aromatic rings. The molecule has 0 aliphatic rings. The van der Waals surface area contributed by atoms with Gasteiger partial charge in [-0.1, -0.05) is 17.7 Å². The van der Waals surface area contributed by atoms with Gasteiger partial charge in [0.25, 0.3) is 0 Å². The van der Waals surface area contributed by atoms with Crippen molar-refractivity contribution in [2.75, 3.05) is 6.61 Å². The van der Waals surface area contributed by atoms with Gasteiger partial charge in [-0.05, 0) is 58.4 Å². The zero-order valence-corrected chi connectivity index (χ0v) is 19.5. The molecule has 2 aromatic carbocycles. The number of carbonyl (C=O) groups is 1. The number of carbonyl (C=O) groups excluding carboxylic acids is 1. The highest BCUT2D eigenvalue weighted by molar-refractivity contribution is 7.84. The quantitative estimate of drug-likeness (QED) is 0.516. The van der Waals surface area contributed by atoms with Crippen LogP contribution >= 0.6 is 11.6 Å². The van der Waals surface area contributed by atoms with Crippen molar-refractivity contribution in [2.45, 2.75) is 51.8 Å². The monoisotopic (exact) mass is 475 g/mol. The van der Waals surface area contributed by atoms with Gasteiger partial charge in [-0.25, -0.2) is 22.1 Å². The van der Waals surface area contributed by atoms with Gasteiger partial charge in [0, 0.05) is 16.7 Å². The molecule has 0 unspecified atom stereocenters. The smallest absolute Gasteiger partial charge is 0.307 e. The van der Waals surface area contributed by atoms with Crippen molar-refractivity contribution in [1.29, 1.82) is 0 Å². The van der Waals surface area contributed by atoms with E-state index in [9.17, 15) is 13.4 Å². The van der Waals surface area contributed by atoms with Crippen molar-refractivity contribution < 1.29 is 26.9 Å². The van der Waals surface area contributed by atoms with Crippen molar-refractivity contribution in [2.24, 2.45) is 0 Å². The molecule has 0 aliphatic heterocycles. The first-order chi connectivity index (χ1) is 14.4. The summed E-state index contributed by atoms with van der Waals surface area (Å²) in [6.45, 7) is 8.07. The first-order valence-corrected chi connectivity index (χ1v) is 11.2. The maximum absolute atomic E-state index is 15.6. The van der Waals surface area contributed by atoms with Gasteiger partial charge in [0.1, 0.15) is 17.5 Å². The number of benzene rings is 2. The lowest BCUT2D eigenvalue weighted by Crippen LogP contribution is -2.37. The molecular weight excluding hydrogens is 451 g/mol. The Bertz CT molecular complexity index is 988. The number of nitrogens with one attached hydrogen (secondary N) is 1. The van der Waals surface area contributed by atoms with Gasteiger partial charge in [-0.3, -0.25) is 4.79 Å². The fourth-order valence-corrected chi connectivity index (χ4v) is 4.01. The van der Waals surface area contributed by atoms with Crippen LogP contribution in [0.15, 0.2) is 24.3 Å². The molecule has 0 radical (unpaired) electrons. The number of halogens is 4. The third-order valence-corrected chi connectivity index (χ3v) is 6.40. The Labute approximate surface area is 187 Å². The third kappa shape index (κ3) is 5.87. The molecule has 1 N–H and O–H groups in total. The summed E-state index contributed by atoms with van der Waals surface area (Å²) in [5.74, 6) is -3.53. The van der Waals surface area contributed by atoms with Crippen LogP contribution in [0.5, 0.6) is 0 Å². The maximum Gasteiger partial charge on any atom is 0.307 e. The topological polar surface area (TPSA) is 55.4 Å². The van der Waals surface area contributed by atoms with E-state index in [1.54, 1.807) is 27.7 Å². The zero-order chi connectivity index (χ0) is 23.5. The second kappa shape index (κ2) is 10.1. The molecule has 2 rings (SSSR count). The van der Waals surface area contributed by atoms with Crippen molar-refractivity contribution in [3.8, 4) is 11.1 Å². The van der Waals surface area contributed by atoms with E-state index in [1.807, 2.05) is 0 Å². The number of esters is 1. The van der Waals surface area contributed by atoms with E-state index >= 15 is 8.78 Å². The average molecular weight is 476 g/mol. The van der Waals surface area contributed by atoms with Gasteiger partial charge in [0.15, 0.2) is 0 Å². The molecule has 0 aliphatic carbocycles. The van der Waals surface area contributed by atoms with E-state index in [1.165, 1.54) is 19.1 Å². The SMILES string of the molecule is CCOC(=O)C[C@H](N[S@](=O)C(C)(C)C)c1c(F)c(C)cc(-c2c(F)cccc2Cl)c1F. The Morgan fingerprint density at radius 2 is 1.87 bits per heavy atom. The lowest BCUT2D eigenvalue weighted by atomic mass is 9.93. The van der Waals surface area contributed by atoms with Crippen LogP contribution in [0.4, 0.5) is 13.2 Å². The second-order valence-electron chi connectivity index (χ2n) is 7.94. The molecule has 170 valence electrons. The Balaban J connectivity index is 2.71. The minimum Gasteiger partial charge on any atom is -0.466 e. The zero-order valence-electron chi connectivity index (χ0n) is 17.9. The first kappa shape index (κ1) is 25.4. The fraction of sp³-hybridized carbons (Fsp3) is 0.409. The lowest BCUT2D eigenvalue weighted by Gasteiger charge is -2.26. The van der Waals surface area contributed by atoms with Crippen molar-refractivity contribution in [1.82, 2.24) is 4.72 Å². The molecule has 2 atom stereocenters. The largest absolute Gasteiger partial charge is 0.466 e. The molecule has 0 fully saturated rings. The van der Waals surface area contributed by atoms with E-state index in [0.717, 1.165) is 12.1 Å². The normalized spacial score (nSPS) is 13.7. The van der Waals surface area contributed by atoms with Crippen molar-refractivity contribution in [3.63, 3.8) is 0 Å². The molecule has 31 heavy (non-hydrogen) atoms. The average Bonchev–Trinajstić information content (AvgIpc) is 2.65. The van der Waals surface area contributed by atoms with E-state index in [-0.39, 0.29) is 28.3 Å². The number of ether oxygens (including phenoxy) is 1. The molecule has 0 heterocycles. The summed E-state index contributed by atoms with van der Waals surface area (Å²) in [6.07, 6.45) is -0.475. The Morgan fingerprint density at radius 1 is 1.23 bits per heavy atom. The van der Waals surface area contributed by atoms with E-state index in [0.29, 0.717) is 0 Å². The van der Waals surface area contributed by atoms with Crippen LogP contribution in [0.2, 0.25) is 5.02 Å². The van der Waals surface area contributed by atoms with Gasteiger partial charge in [0.05, 0.1) is 39.8 Å². The van der Waals surface area contributed by atoms with E-state index in [4.69, 9.17) is 16.3 Å². The Morgan fingerprint density at radius 3 is 2.42 bits per heavy atom. The molecule has 0 bridgehead atoms. The summed E-state index contributed by atoms with van der Waals surface area (Å²) in [5.41, 5.74) is -0.991. The molecule has 0 amide bonds. The molecule has 4 nitrogen and oxygen atoms in total. The van der Waals surface area contributed by atoms with Gasteiger partial charge in [-0.2, -0.15) is 0 Å². The predicted octanol–water partition coefficient (Wildman–Crippen LogP) is 5.78. The maximum atomic E-state index is 15.6. The lowest BCUT2D eigenvalue weighted by molar-refractivity contribution is -0.143. The van der Waals surface area contributed by atoms with E-state index < -0.39 is 57.2 Å². The number of aryl methyl sites for hydroxylation is 1. The summed E-state index contributed by atoms with van der Waals surface area (Å²) < 4.78 is 64.7. The molecular formula is C22H25ClF3NO3S. The molecule has 9 heteroatoms. The van der Waals surface area contributed by atoms with Crippen LogP contribution in [0, 0.1) is 24.4 Å². The summed E-state index contributed by atoms with van der Waals surface area (Å²) in [4.78, 5) is 12.1. The number of hydrogen-bond acceptors (Lipinski definition) is 3. The van der Waals surface area contributed by atoms with Crippen LogP contribution in [-0.2, 0) is 20.5 Å². The summed E-state index contributed by atoms with van der Waals surface area (Å²) in [6, 6.07) is 3.71. The summed E-state index contributed by atoms with van der Waals surface area (Å²) in [7, 11) is -1.76. The molecule has 0 aromatic heterocycles. The summed E-state index contributed by atoms with van der Waals surface area (Å²) >= 11 is 6.09. The first-order valence-electron chi connectivity index (χ1n) is 9.65. The standard InChI is InChI=1S/C22H25ClF3NO3S/c1-6-30-17(28)11-16(27-31(29)22(3,4)5)19-20(25)12(2)10-13(21(19)26)18-14(23)8-7-9-15(18)24/h7-10,16,27H,6,11H2,1-5H3/t16-,31+/m0/s1. The number of rotatable bonds is 7. The molecule has 0 saturated heterocycles. The fourth-order valence-electron chi connectivity index (χ4n) is 2.94. The predicted molar refractivity (Wildman–Crippen MR) is 117 cm³/mol. The van der Waals surface area contributed by atoms with Gasteiger partial charge in [-0.15, -0.1) is 0 Å². The van der Waals surface area contributed by atoms with Crippen molar-refractivity contribution >= 4 is 28.6 Å². The highest BCUT2D eigenvalue weighted by Gasteiger charge is 2.32. The van der Waals surface area contributed by atoms with Crippen LogP contribution in [-0.4, -0.2) is 21.5 Å². The summed E-state index contributed by atoms with van der Waals surface area (Å²) in [5, 5.41) is -0.0518. The van der Waals surface area contributed by atoms with Gasteiger partial charge < -0.3 is 4.74 Å². The molecule has 0 spiro atoms. The van der Waals surface area contributed by atoms with Crippen LogP contribution in [0.1, 0.15) is 51.3 Å². The van der Waals surface area contributed by atoms with Crippen LogP contribution in [0.25, 0.3) is 11.1 Å². The number of hydrogen-bond donors (Lipinski definition) is 1. The minimum absolute atomic E-state index is 0.0166. The minimum atomic E-state index is -1.76. The van der Waals surface area contributed by atoms with Crippen LogP contribution in [0.3, 0.4) is 0 Å². The molecule has 0 saturated carbocycles. The highest BCUT2D eigenvalue weighted by atomic mass is 35.5. The second-order valence-corrected chi connectivity index (χ2v) is 10.3. The van der Waals surface area contributed by atoms with E-state index in [2.05, 4.69) is 4.72 Å². The van der Waals surface area contributed by atoms with Crippen LogP contribution < -0.4 is 4.72 Å². The third-order valence-electron chi connectivity index (χ3n) is 4.48. The van der Waals surface area contributed by atoms with Gasteiger partial charge >= 0.3 is 5.97 Å². The van der Waals surface area contributed by atoms with Crippen molar-refractivity contribution in [3.05, 3.63) is 57.9 Å². The highest BCUT2D eigenvalue weighted by Crippen LogP contribution is 2.38. The Hall–Kier alpha value is -1.90.